The molecule has 0 bridgehead atoms. The lowest BCUT2D eigenvalue weighted by atomic mass is 9.80. The van der Waals surface area contributed by atoms with Crippen LogP contribution in [0, 0.1) is 19.8 Å². The highest BCUT2D eigenvalue weighted by atomic mass is 16.6. The number of ether oxygens (including phenoxy) is 1. The van der Waals surface area contributed by atoms with Gasteiger partial charge in [0.2, 0.25) is 0 Å². The van der Waals surface area contributed by atoms with Crippen LogP contribution in [0.25, 0.3) is 0 Å². The maximum atomic E-state index is 13.2. The zero-order valence-electron chi connectivity index (χ0n) is 23.2. The molecule has 2 atom stereocenters. The van der Waals surface area contributed by atoms with Gasteiger partial charge in [0, 0.05) is 57.2 Å². The van der Waals surface area contributed by atoms with Crippen molar-refractivity contribution in [3.05, 3.63) is 34.9 Å². The van der Waals surface area contributed by atoms with E-state index in [1.807, 2.05) is 36.9 Å². The van der Waals surface area contributed by atoms with Crippen molar-refractivity contribution in [1.82, 2.24) is 14.7 Å². The number of hydrogen-bond acceptors (Lipinski definition) is 4. The van der Waals surface area contributed by atoms with Crippen molar-refractivity contribution >= 4 is 12.0 Å². The largest absolute Gasteiger partial charge is 0.440 e. The Hall–Kier alpha value is -2.08. The third kappa shape index (κ3) is 5.44. The number of carbonyl (C=O) groups is 2. The maximum absolute atomic E-state index is 13.2. The molecule has 0 aliphatic carbocycles. The first-order valence-corrected chi connectivity index (χ1v) is 14.4. The highest BCUT2D eigenvalue weighted by molar-refractivity contribution is 5.97. The Balaban J connectivity index is 1.35. The zero-order valence-corrected chi connectivity index (χ0v) is 23.2. The number of amides is 2. The van der Waals surface area contributed by atoms with Crippen molar-refractivity contribution in [2.75, 3.05) is 32.7 Å². The van der Waals surface area contributed by atoms with Gasteiger partial charge in [-0.2, -0.15) is 0 Å². The predicted octanol–water partition coefficient (Wildman–Crippen LogP) is 5.80. The molecule has 6 heteroatoms. The molecule has 2 amide bonds. The summed E-state index contributed by atoms with van der Waals surface area (Å²) in [5.74, 6) is 0.674. The van der Waals surface area contributed by atoms with Crippen molar-refractivity contribution in [3.8, 4) is 0 Å². The van der Waals surface area contributed by atoms with Gasteiger partial charge in [-0.3, -0.25) is 9.69 Å². The Morgan fingerprint density at radius 1 is 1.08 bits per heavy atom. The molecule has 3 saturated heterocycles. The normalized spacial score (nSPS) is 23.8. The first kappa shape index (κ1) is 27.0. The molecule has 0 N–H and O–H groups in total. The quantitative estimate of drug-likeness (QED) is 0.455. The molecule has 1 aromatic rings. The number of piperidine rings is 2. The molecule has 1 spiro atoms. The van der Waals surface area contributed by atoms with E-state index >= 15 is 0 Å². The second-order valence-electron chi connectivity index (χ2n) is 11.6. The van der Waals surface area contributed by atoms with E-state index in [1.54, 1.807) is 0 Å². The van der Waals surface area contributed by atoms with Crippen molar-refractivity contribution in [1.29, 1.82) is 0 Å². The number of unbranched alkanes of at least 4 members (excludes halogenated alkanes) is 1. The zero-order chi connectivity index (χ0) is 25.9. The average Bonchev–Trinajstić information content (AvgIpc) is 3.12. The summed E-state index contributed by atoms with van der Waals surface area (Å²) in [6.45, 7) is 15.1. The Morgan fingerprint density at radius 3 is 2.31 bits per heavy atom. The van der Waals surface area contributed by atoms with E-state index in [9.17, 15) is 9.59 Å². The molecule has 1 aromatic carbocycles. The lowest BCUT2D eigenvalue weighted by Gasteiger charge is -2.46. The van der Waals surface area contributed by atoms with Gasteiger partial charge in [-0.05, 0) is 50.2 Å². The van der Waals surface area contributed by atoms with Gasteiger partial charge < -0.3 is 14.5 Å². The third-order valence-electron chi connectivity index (χ3n) is 9.15. The molecule has 3 aliphatic heterocycles. The first-order chi connectivity index (χ1) is 17.3. The topological polar surface area (TPSA) is 53.1 Å². The fraction of sp³-hybridized carbons (Fsp3) is 0.733. The van der Waals surface area contributed by atoms with Gasteiger partial charge in [-0.1, -0.05) is 58.2 Å². The van der Waals surface area contributed by atoms with E-state index in [1.165, 1.54) is 0 Å². The number of benzene rings is 1. The average molecular weight is 498 g/mol. The Labute approximate surface area is 218 Å². The molecule has 3 aliphatic rings. The second kappa shape index (κ2) is 11.5. The standard InChI is InChI=1S/C30H47N3O3/c1-6-8-12-26-30(36-29(35)33(26)21-22(3)7-2)15-19-31(20-16-30)25-13-17-32(18-14-25)28(34)27-23(4)10-9-11-24(27)5/h9-11,22,25-26H,6-8,12-21H2,1-5H3/t22-,26?/m0/s1. The summed E-state index contributed by atoms with van der Waals surface area (Å²) >= 11 is 0. The van der Waals surface area contributed by atoms with E-state index in [2.05, 4.69) is 30.6 Å². The maximum Gasteiger partial charge on any atom is 0.410 e. The molecule has 0 radical (unpaired) electrons. The van der Waals surface area contributed by atoms with Crippen LogP contribution in [0.4, 0.5) is 4.79 Å². The lowest BCUT2D eigenvalue weighted by Crippen LogP contribution is -2.56. The summed E-state index contributed by atoms with van der Waals surface area (Å²) in [5, 5.41) is 0. The van der Waals surface area contributed by atoms with Crippen LogP contribution in [0.5, 0.6) is 0 Å². The van der Waals surface area contributed by atoms with E-state index < -0.39 is 0 Å². The molecule has 3 heterocycles. The number of hydrogen-bond donors (Lipinski definition) is 0. The summed E-state index contributed by atoms with van der Waals surface area (Å²) in [5.41, 5.74) is 2.68. The molecule has 6 nitrogen and oxygen atoms in total. The Bertz CT molecular complexity index is 896. The molecular weight excluding hydrogens is 450 g/mol. The Morgan fingerprint density at radius 2 is 1.72 bits per heavy atom. The van der Waals surface area contributed by atoms with Crippen LogP contribution in [0.3, 0.4) is 0 Å². The molecule has 4 rings (SSSR count). The minimum absolute atomic E-state index is 0.0943. The predicted molar refractivity (Wildman–Crippen MR) is 144 cm³/mol. The summed E-state index contributed by atoms with van der Waals surface area (Å²) in [7, 11) is 0. The monoisotopic (exact) mass is 497 g/mol. The van der Waals surface area contributed by atoms with Gasteiger partial charge in [-0.15, -0.1) is 0 Å². The Kier molecular flexibility index (Phi) is 8.64. The fourth-order valence-electron chi connectivity index (χ4n) is 6.64. The summed E-state index contributed by atoms with van der Waals surface area (Å²) in [4.78, 5) is 32.9. The molecule has 36 heavy (non-hydrogen) atoms. The second-order valence-corrected chi connectivity index (χ2v) is 11.6. The SMILES string of the molecule is CCCCC1N(C[C@@H](C)CC)C(=O)OC12CCN(C1CCN(C(=O)c3c(C)cccc3C)CC1)CC2. The van der Waals surface area contributed by atoms with Gasteiger partial charge in [0.05, 0.1) is 6.04 Å². The van der Waals surface area contributed by atoms with E-state index in [4.69, 9.17) is 4.74 Å². The molecule has 200 valence electrons. The highest BCUT2D eigenvalue weighted by Crippen LogP contribution is 2.42. The van der Waals surface area contributed by atoms with E-state index in [0.29, 0.717) is 12.0 Å². The fourth-order valence-corrected chi connectivity index (χ4v) is 6.64. The number of rotatable bonds is 8. The van der Waals surface area contributed by atoms with Crippen LogP contribution in [0.1, 0.15) is 93.6 Å². The van der Waals surface area contributed by atoms with E-state index in [0.717, 1.165) is 101 Å². The molecule has 0 aromatic heterocycles. The van der Waals surface area contributed by atoms with Crippen LogP contribution in [-0.4, -0.2) is 77.1 Å². The van der Waals surface area contributed by atoms with Crippen molar-refractivity contribution < 1.29 is 14.3 Å². The van der Waals surface area contributed by atoms with Crippen LogP contribution >= 0.6 is 0 Å². The number of nitrogens with zero attached hydrogens (tertiary/aromatic N) is 3. The highest BCUT2D eigenvalue weighted by Gasteiger charge is 2.54. The van der Waals surface area contributed by atoms with Gasteiger partial charge >= 0.3 is 6.09 Å². The van der Waals surface area contributed by atoms with Gasteiger partial charge in [0.1, 0.15) is 5.60 Å². The summed E-state index contributed by atoms with van der Waals surface area (Å²) < 4.78 is 6.22. The van der Waals surface area contributed by atoms with Crippen molar-refractivity contribution in [2.45, 2.75) is 104 Å². The number of carbonyl (C=O) groups excluding carboxylic acids is 2. The summed E-state index contributed by atoms with van der Waals surface area (Å²) in [6.07, 6.45) is 8.18. The van der Waals surface area contributed by atoms with Crippen molar-refractivity contribution in [2.24, 2.45) is 5.92 Å². The van der Waals surface area contributed by atoms with Gasteiger partial charge in [0.15, 0.2) is 0 Å². The minimum atomic E-state index is -0.324. The molecule has 1 unspecified atom stereocenters. The first-order valence-electron chi connectivity index (χ1n) is 14.4. The lowest BCUT2D eigenvalue weighted by molar-refractivity contribution is -0.0384. The van der Waals surface area contributed by atoms with Crippen LogP contribution < -0.4 is 0 Å². The number of likely N-dealkylation sites (tertiary alicyclic amines) is 2. The minimum Gasteiger partial charge on any atom is -0.440 e. The van der Waals surface area contributed by atoms with Crippen LogP contribution in [0.2, 0.25) is 0 Å². The van der Waals surface area contributed by atoms with Gasteiger partial charge in [0.25, 0.3) is 5.91 Å². The summed E-state index contributed by atoms with van der Waals surface area (Å²) in [6, 6.07) is 6.80. The van der Waals surface area contributed by atoms with Crippen LogP contribution in [-0.2, 0) is 4.74 Å². The third-order valence-corrected chi connectivity index (χ3v) is 9.15. The van der Waals surface area contributed by atoms with E-state index in [-0.39, 0.29) is 23.6 Å². The molecule has 3 fully saturated rings. The van der Waals surface area contributed by atoms with Gasteiger partial charge in [-0.25, -0.2) is 4.79 Å². The molecular formula is C30H47N3O3. The number of aryl methyl sites for hydroxylation is 2. The van der Waals surface area contributed by atoms with Crippen molar-refractivity contribution in [3.63, 3.8) is 0 Å². The molecule has 0 saturated carbocycles. The van der Waals surface area contributed by atoms with Crippen LogP contribution in [0.15, 0.2) is 18.2 Å². The smallest absolute Gasteiger partial charge is 0.410 e.